The van der Waals surface area contributed by atoms with E-state index in [1.807, 2.05) is 80.3 Å². The molecule has 5 aromatic carbocycles. The van der Waals surface area contributed by atoms with Crippen molar-refractivity contribution in [3.05, 3.63) is 185 Å². The number of rotatable bonds is 9. The fraction of sp³-hybridized carbons (Fsp3) is 0.125. The van der Waals surface area contributed by atoms with Crippen LogP contribution in [0.1, 0.15) is 52.2 Å². The molecule has 0 saturated carbocycles. The number of hydrogen-bond donors (Lipinski definition) is 2. The fourth-order valence-electron chi connectivity index (χ4n) is 6.54. The highest BCUT2D eigenvalue weighted by atomic mass is 32.1. The summed E-state index contributed by atoms with van der Waals surface area (Å²) >= 11 is 1.38. The zero-order valence-corrected chi connectivity index (χ0v) is 26.9. The average molecular weight is 635 g/mol. The standard InChI is InChI=1S/C40H34N4O2S/c1-28(2)40(46,35-21-20-29-24-31(19-18-30(29)25-35)37(45)43-38-41-22-23-47-38)36-26-44(27-42-36)39(32-12-6-3-7-13-32,33-14-8-4-9-15-33)34-16-10-5-11-17-34/h3-28,46H,1-2H3,(H,41,43,45). The second-order valence-corrected chi connectivity index (χ2v) is 12.9. The molecular formula is C40H34N4O2S. The molecule has 0 aliphatic heterocycles. The minimum atomic E-state index is -1.39. The number of amides is 1. The summed E-state index contributed by atoms with van der Waals surface area (Å²) in [5, 5.41) is 19.7. The first kappa shape index (κ1) is 30.3. The lowest BCUT2D eigenvalue weighted by atomic mass is 9.76. The van der Waals surface area contributed by atoms with Gasteiger partial charge in [0.15, 0.2) is 5.13 Å². The van der Waals surface area contributed by atoms with Gasteiger partial charge in [-0.3, -0.25) is 10.1 Å². The van der Waals surface area contributed by atoms with E-state index in [1.54, 1.807) is 12.3 Å². The molecule has 0 fully saturated rings. The molecule has 2 aromatic heterocycles. The molecule has 0 spiro atoms. The van der Waals surface area contributed by atoms with E-state index in [9.17, 15) is 9.90 Å². The van der Waals surface area contributed by atoms with Gasteiger partial charge in [0.25, 0.3) is 5.91 Å². The van der Waals surface area contributed by atoms with E-state index < -0.39 is 11.1 Å². The van der Waals surface area contributed by atoms with Gasteiger partial charge in [0, 0.05) is 23.3 Å². The minimum absolute atomic E-state index is 0.203. The van der Waals surface area contributed by atoms with E-state index in [1.165, 1.54) is 11.3 Å². The molecule has 6 nitrogen and oxygen atoms in total. The van der Waals surface area contributed by atoms with Crippen LogP contribution in [0, 0.1) is 5.92 Å². The Morgan fingerprint density at radius 1 is 0.745 bits per heavy atom. The van der Waals surface area contributed by atoms with Crippen LogP contribution in [-0.4, -0.2) is 25.5 Å². The van der Waals surface area contributed by atoms with Crippen molar-refractivity contribution < 1.29 is 9.90 Å². The number of nitrogens with zero attached hydrogens (tertiary/aromatic N) is 3. The molecule has 2 N–H and O–H groups in total. The van der Waals surface area contributed by atoms with Crippen molar-refractivity contribution in [2.45, 2.75) is 25.0 Å². The molecular weight excluding hydrogens is 601 g/mol. The van der Waals surface area contributed by atoms with Gasteiger partial charge in [-0.15, -0.1) is 11.3 Å². The van der Waals surface area contributed by atoms with E-state index in [4.69, 9.17) is 4.98 Å². The molecule has 232 valence electrons. The highest BCUT2D eigenvalue weighted by Crippen LogP contribution is 2.43. The van der Waals surface area contributed by atoms with Crippen LogP contribution in [0.15, 0.2) is 151 Å². The van der Waals surface area contributed by atoms with Crippen molar-refractivity contribution >= 4 is 33.1 Å². The summed E-state index contributed by atoms with van der Waals surface area (Å²) < 4.78 is 2.13. The Hall–Kier alpha value is -5.37. The van der Waals surface area contributed by atoms with Crippen molar-refractivity contribution in [3.8, 4) is 0 Å². The van der Waals surface area contributed by atoms with Gasteiger partial charge >= 0.3 is 0 Å². The van der Waals surface area contributed by atoms with Crippen LogP contribution in [0.3, 0.4) is 0 Å². The van der Waals surface area contributed by atoms with Crippen LogP contribution < -0.4 is 5.32 Å². The summed E-state index contributed by atoms with van der Waals surface area (Å²) in [6.45, 7) is 4.02. The molecule has 0 bridgehead atoms. The lowest BCUT2D eigenvalue weighted by Gasteiger charge is -2.37. The van der Waals surface area contributed by atoms with Crippen LogP contribution in [-0.2, 0) is 11.1 Å². The number of thiazole rings is 1. The van der Waals surface area contributed by atoms with Crippen LogP contribution in [0.5, 0.6) is 0 Å². The number of hydrogen-bond acceptors (Lipinski definition) is 5. The van der Waals surface area contributed by atoms with Gasteiger partial charge in [-0.2, -0.15) is 0 Å². The smallest absolute Gasteiger partial charge is 0.257 e. The van der Waals surface area contributed by atoms with E-state index in [-0.39, 0.29) is 11.8 Å². The van der Waals surface area contributed by atoms with Crippen molar-refractivity contribution in [2.75, 3.05) is 5.32 Å². The van der Waals surface area contributed by atoms with Gasteiger partial charge in [0.2, 0.25) is 0 Å². The minimum Gasteiger partial charge on any atom is -0.378 e. The zero-order valence-electron chi connectivity index (χ0n) is 26.1. The Morgan fingerprint density at radius 3 is 1.87 bits per heavy atom. The quantitative estimate of drug-likeness (QED) is 0.156. The second kappa shape index (κ2) is 12.4. The zero-order chi connectivity index (χ0) is 32.4. The first-order valence-corrected chi connectivity index (χ1v) is 16.5. The third-order valence-corrected chi connectivity index (χ3v) is 9.65. The van der Waals surface area contributed by atoms with Gasteiger partial charge in [0.1, 0.15) is 11.1 Å². The summed E-state index contributed by atoms with van der Waals surface area (Å²) in [6.07, 6.45) is 5.49. The number of benzene rings is 5. The maximum Gasteiger partial charge on any atom is 0.257 e. The van der Waals surface area contributed by atoms with Crippen LogP contribution in [0.25, 0.3) is 10.8 Å². The van der Waals surface area contributed by atoms with Crippen molar-refractivity contribution in [1.29, 1.82) is 0 Å². The third-order valence-electron chi connectivity index (χ3n) is 8.97. The lowest BCUT2D eigenvalue weighted by molar-refractivity contribution is 0.0279. The molecule has 7 aromatic rings. The fourth-order valence-corrected chi connectivity index (χ4v) is 7.07. The number of fused-ring (bicyclic) bond motifs is 1. The molecule has 0 aliphatic carbocycles. The van der Waals surface area contributed by atoms with Crippen molar-refractivity contribution in [2.24, 2.45) is 5.92 Å². The van der Waals surface area contributed by atoms with E-state index in [0.29, 0.717) is 16.4 Å². The molecule has 0 radical (unpaired) electrons. The molecule has 1 amide bonds. The molecule has 7 rings (SSSR count). The molecule has 7 heteroatoms. The maximum absolute atomic E-state index is 12.9. The Bertz CT molecular complexity index is 2030. The average Bonchev–Trinajstić information content (AvgIpc) is 3.83. The summed E-state index contributed by atoms with van der Waals surface area (Å²) in [5.41, 5.74) is 2.92. The Labute approximate surface area is 278 Å². The number of carbonyl (C=O) groups is 1. The van der Waals surface area contributed by atoms with Crippen LogP contribution in [0.4, 0.5) is 5.13 Å². The van der Waals surface area contributed by atoms with Crippen molar-refractivity contribution in [3.63, 3.8) is 0 Å². The number of aliphatic hydroxyl groups is 1. The highest BCUT2D eigenvalue weighted by Gasteiger charge is 2.42. The highest BCUT2D eigenvalue weighted by molar-refractivity contribution is 7.13. The van der Waals surface area contributed by atoms with Crippen LogP contribution in [0.2, 0.25) is 0 Å². The predicted molar refractivity (Wildman–Crippen MR) is 189 cm³/mol. The monoisotopic (exact) mass is 634 g/mol. The molecule has 2 heterocycles. The normalized spacial score (nSPS) is 13.0. The summed E-state index contributed by atoms with van der Waals surface area (Å²) in [4.78, 5) is 21.9. The van der Waals surface area contributed by atoms with E-state index in [0.717, 1.165) is 33.0 Å². The topological polar surface area (TPSA) is 80.0 Å². The largest absolute Gasteiger partial charge is 0.378 e. The second-order valence-electron chi connectivity index (χ2n) is 12.0. The molecule has 0 aliphatic rings. The molecule has 47 heavy (non-hydrogen) atoms. The maximum atomic E-state index is 12.9. The third kappa shape index (κ3) is 5.33. The number of imidazole rings is 1. The lowest BCUT2D eigenvalue weighted by Crippen LogP contribution is -2.37. The Morgan fingerprint density at radius 2 is 1.32 bits per heavy atom. The van der Waals surface area contributed by atoms with Gasteiger partial charge in [-0.1, -0.05) is 123 Å². The molecule has 1 atom stereocenters. The number of nitrogens with one attached hydrogen (secondary N) is 1. The number of anilines is 1. The van der Waals surface area contributed by atoms with Gasteiger partial charge in [-0.25, -0.2) is 9.97 Å². The Balaban J connectivity index is 1.34. The van der Waals surface area contributed by atoms with Crippen molar-refractivity contribution in [1.82, 2.24) is 14.5 Å². The van der Waals surface area contributed by atoms with Gasteiger partial charge < -0.3 is 9.67 Å². The SMILES string of the molecule is CC(C)C(O)(c1ccc2cc(C(=O)Nc3nccs3)ccc2c1)c1cn(C(c2ccccc2)(c2ccccc2)c2ccccc2)cn1. The van der Waals surface area contributed by atoms with E-state index in [2.05, 4.69) is 87.7 Å². The first-order valence-electron chi connectivity index (χ1n) is 15.6. The van der Waals surface area contributed by atoms with E-state index >= 15 is 0 Å². The van der Waals surface area contributed by atoms with Gasteiger partial charge in [0.05, 0.1) is 12.0 Å². The number of carbonyl (C=O) groups excluding carboxylic acids is 1. The first-order chi connectivity index (χ1) is 22.9. The Kier molecular flexibility index (Phi) is 8.02. The number of aromatic nitrogens is 3. The van der Waals surface area contributed by atoms with Gasteiger partial charge in [-0.05, 0) is 57.1 Å². The summed E-state index contributed by atoms with van der Waals surface area (Å²) in [7, 11) is 0. The van der Waals surface area contributed by atoms with Crippen LogP contribution >= 0.6 is 11.3 Å². The predicted octanol–water partition coefficient (Wildman–Crippen LogP) is 8.48. The summed E-state index contributed by atoms with van der Waals surface area (Å²) in [5.74, 6) is -0.417. The molecule has 1 unspecified atom stereocenters. The molecule has 0 saturated heterocycles. The summed E-state index contributed by atoms with van der Waals surface area (Å²) in [6, 6.07) is 42.7.